The monoisotopic (exact) mass is 618 g/mol. The smallest absolute Gasteiger partial charge is 0.266 e. The number of rotatable bonds is 17. The van der Waals surface area contributed by atoms with Gasteiger partial charge in [-0.3, -0.25) is 10.2 Å². The van der Waals surface area contributed by atoms with Crippen LogP contribution >= 0.6 is 11.8 Å². The van der Waals surface area contributed by atoms with Gasteiger partial charge in [-0.25, -0.2) is 14.8 Å². The van der Waals surface area contributed by atoms with Crippen molar-refractivity contribution < 1.29 is 23.8 Å². The van der Waals surface area contributed by atoms with Crippen molar-refractivity contribution in [1.82, 2.24) is 10.9 Å². The predicted octanol–water partition coefficient (Wildman–Crippen LogP) is 5.78. The molecule has 44 heavy (non-hydrogen) atoms. The van der Waals surface area contributed by atoms with Crippen molar-refractivity contribution in [3.63, 3.8) is 0 Å². The number of hydrogen-bond donors (Lipinski definition) is 3. The molecule has 1 heterocycles. The van der Waals surface area contributed by atoms with E-state index < -0.39 is 17.6 Å². The van der Waals surface area contributed by atoms with E-state index in [1.54, 1.807) is 54.2 Å². The van der Waals surface area contributed by atoms with E-state index in [1.165, 1.54) is 12.1 Å². The average molecular weight is 619 g/mol. The molecular weight excluding hydrogens is 583 g/mol. The normalized spacial score (nSPS) is 17.2. The summed E-state index contributed by atoms with van der Waals surface area (Å²) in [4.78, 5) is 21.7. The molecule has 0 bridgehead atoms. The number of carbonyl (C=O) groups excluding carboxylic acids is 1. The lowest BCUT2D eigenvalue weighted by Crippen LogP contribution is -2.53. The number of amides is 1. The first kappa shape index (κ1) is 32.6. The first-order chi connectivity index (χ1) is 21.5. The fourth-order valence-corrected chi connectivity index (χ4v) is 5.52. The van der Waals surface area contributed by atoms with Crippen molar-refractivity contribution in [1.29, 1.82) is 0 Å². The van der Waals surface area contributed by atoms with E-state index in [0.29, 0.717) is 53.5 Å². The molecule has 0 spiro atoms. The number of benzene rings is 3. The van der Waals surface area contributed by atoms with Gasteiger partial charge in [0.1, 0.15) is 11.6 Å². The van der Waals surface area contributed by atoms with Gasteiger partial charge >= 0.3 is 0 Å². The Morgan fingerprint density at radius 3 is 2.70 bits per heavy atom. The number of nitrogens with zero attached hydrogens (tertiary/aromatic N) is 4. The molecule has 0 fully saturated rings. The van der Waals surface area contributed by atoms with Crippen LogP contribution in [0.5, 0.6) is 5.75 Å². The van der Waals surface area contributed by atoms with Crippen molar-refractivity contribution in [2.45, 2.75) is 36.8 Å². The molecule has 3 aromatic carbocycles. The van der Waals surface area contributed by atoms with Crippen LogP contribution in [0.2, 0.25) is 0 Å². The Morgan fingerprint density at radius 1 is 1.20 bits per heavy atom. The summed E-state index contributed by atoms with van der Waals surface area (Å²) in [5.74, 6) is 1.66. The number of thioether (sulfide) groups is 1. The zero-order valence-electron chi connectivity index (χ0n) is 24.2. The Labute approximate surface area is 260 Å². The Bertz CT molecular complexity index is 1480. The van der Waals surface area contributed by atoms with Gasteiger partial charge in [0, 0.05) is 48.0 Å². The Morgan fingerprint density at radius 2 is 1.98 bits per heavy atom. The Balaban J connectivity index is 1.54. The second-order valence-electron chi connectivity index (χ2n) is 9.93. The number of aliphatic imine (C=N–C) groups is 1. The highest BCUT2D eigenvalue weighted by atomic mass is 32.2. The molecule has 3 aromatic rings. The molecule has 3 N–H and O–H groups in total. The largest absolute Gasteiger partial charge is 0.494 e. The first-order valence-electron chi connectivity index (χ1n) is 14.2. The molecule has 1 aliphatic heterocycles. The second kappa shape index (κ2) is 16.5. The highest BCUT2D eigenvalue weighted by molar-refractivity contribution is 7.98. The number of ether oxygens (including phenoxy) is 2. The third-order valence-electron chi connectivity index (χ3n) is 6.88. The van der Waals surface area contributed by atoms with Crippen LogP contribution in [-0.2, 0) is 21.8 Å². The van der Waals surface area contributed by atoms with E-state index in [1.807, 2.05) is 24.3 Å². The van der Waals surface area contributed by atoms with Crippen LogP contribution in [0.4, 0.5) is 4.39 Å². The first-order valence-corrected chi connectivity index (χ1v) is 15.3. The molecule has 1 aliphatic rings. The highest BCUT2D eigenvalue weighted by Crippen LogP contribution is 2.44. The van der Waals surface area contributed by atoms with Gasteiger partial charge in [-0.2, -0.15) is 11.8 Å². The predicted molar refractivity (Wildman–Crippen MR) is 170 cm³/mol. The Hall–Kier alpha value is -4.35. The third kappa shape index (κ3) is 8.39. The van der Waals surface area contributed by atoms with Gasteiger partial charge in [0.2, 0.25) is 5.90 Å². The minimum atomic E-state index is -1.41. The highest BCUT2D eigenvalue weighted by Gasteiger charge is 2.53. The van der Waals surface area contributed by atoms with Gasteiger partial charge in [0.25, 0.3) is 5.91 Å². The maximum absolute atomic E-state index is 14.0. The van der Waals surface area contributed by atoms with Crippen LogP contribution in [0.1, 0.15) is 41.2 Å². The maximum atomic E-state index is 14.0. The topological polar surface area (TPSA) is 141 Å². The number of aliphatic hydroxyl groups excluding tert-OH is 1. The number of hydrogen-bond acceptors (Lipinski definition) is 8. The summed E-state index contributed by atoms with van der Waals surface area (Å²) in [7, 11) is 0. The van der Waals surface area contributed by atoms with E-state index in [9.17, 15) is 9.18 Å². The van der Waals surface area contributed by atoms with Gasteiger partial charge in [-0.1, -0.05) is 47.6 Å². The molecule has 0 aliphatic carbocycles. The van der Waals surface area contributed by atoms with Crippen LogP contribution in [0.15, 0.2) is 95.6 Å². The second-order valence-corrected chi connectivity index (χ2v) is 11.0. The van der Waals surface area contributed by atoms with Gasteiger partial charge in [0.05, 0.1) is 13.2 Å². The Kier molecular flexibility index (Phi) is 12.2. The summed E-state index contributed by atoms with van der Waals surface area (Å²) in [5.41, 5.74) is 16.4. The standard InChI is InChI=1S/C32H35FN6O4S/c1-2-16-32(31(41)38-35-17-20-44-22-23-8-12-26(33)13-9-23)29(28-7-4-3-6-25(28)21-36-39-34)43-30(37-32)24-10-14-27(15-11-24)42-19-5-18-40/h2-4,6-15,29,35,40H,1,5,16-22H2,(H,38,41)/t29-,32-/m0/s1. The van der Waals surface area contributed by atoms with Crippen LogP contribution < -0.4 is 15.6 Å². The lowest BCUT2D eigenvalue weighted by atomic mass is 9.83. The summed E-state index contributed by atoms with van der Waals surface area (Å²) in [6.07, 6.45) is 1.49. The lowest BCUT2D eigenvalue weighted by molar-refractivity contribution is -0.129. The minimum absolute atomic E-state index is 0.0441. The SMILES string of the molecule is C=CC[C@]1(C(=O)NNCCSCc2ccc(F)cc2)N=C(c2ccc(OCCCO)cc2)O[C@H]1c1ccccc1CN=[N+]=[N-]. The zero-order valence-corrected chi connectivity index (χ0v) is 25.0. The minimum Gasteiger partial charge on any atom is -0.494 e. The van der Waals surface area contributed by atoms with Crippen LogP contribution in [0.3, 0.4) is 0 Å². The molecule has 0 radical (unpaired) electrons. The fraction of sp³-hybridized carbons (Fsp3) is 0.312. The molecular formula is C32H35FN6O4S. The number of nitrogens with one attached hydrogen (secondary N) is 2. The molecule has 4 rings (SSSR count). The van der Waals surface area contributed by atoms with Crippen molar-refractivity contribution in [2.75, 3.05) is 25.5 Å². The van der Waals surface area contributed by atoms with Crippen LogP contribution in [0.25, 0.3) is 10.4 Å². The van der Waals surface area contributed by atoms with Gasteiger partial charge in [0.15, 0.2) is 11.6 Å². The number of azide groups is 1. The maximum Gasteiger partial charge on any atom is 0.266 e. The van der Waals surface area contributed by atoms with Crippen molar-refractivity contribution >= 4 is 23.6 Å². The number of hydrazine groups is 1. The molecule has 10 nitrogen and oxygen atoms in total. The molecule has 0 aromatic heterocycles. The number of halogens is 1. The van der Waals surface area contributed by atoms with E-state index in [0.717, 1.165) is 5.56 Å². The van der Waals surface area contributed by atoms with Gasteiger partial charge < -0.3 is 14.6 Å². The summed E-state index contributed by atoms with van der Waals surface area (Å²) < 4.78 is 25.3. The quantitative estimate of drug-likeness (QED) is 0.0437. The van der Waals surface area contributed by atoms with Crippen molar-refractivity contribution in [2.24, 2.45) is 10.1 Å². The molecule has 12 heteroatoms. The fourth-order valence-electron chi connectivity index (χ4n) is 4.70. The summed E-state index contributed by atoms with van der Waals surface area (Å²) in [6.45, 7) is 4.89. The van der Waals surface area contributed by atoms with E-state index in [4.69, 9.17) is 25.1 Å². The number of aliphatic hydroxyl groups is 1. The molecule has 0 saturated heterocycles. The van der Waals surface area contributed by atoms with Gasteiger partial charge in [-0.15, -0.1) is 6.58 Å². The third-order valence-corrected chi connectivity index (χ3v) is 7.91. The zero-order chi connectivity index (χ0) is 31.2. The van der Waals surface area contributed by atoms with Crippen molar-refractivity contribution in [3.05, 3.63) is 124 Å². The molecule has 1 amide bonds. The van der Waals surface area contributed by atoms with Crippen LogP contribution in [-0.4, -0.2) is 48.0 Å². The summed E-state index contributed by atoms with van der Waals surface area (Å²) in [6, 6.07) is 20.9. The molecule has 0 unspecified atom stereocenters. The number of carbonyl (C=O) groups is 1. The molecule has 230 valence electrons. The lowest BCUT2D eigenvalue weighted by Gasteiger charge is -2.30. The van der Waals surface area contributed by atoms with Gasteiger partial charge in [-0.05, 0) is 58.6 Å². The molecule has 2 atom stereocenters. The molecule has 0 saturated carbocycles. The summed E-state index contributed by atoms with van der Waals surface area (Å²) >= 11 is 1.65. The van der Waals surface area contributed by atoms with E-state index in [-0.39, 0.29) is 31.3 Å². The van der Waals surface area contributed by atoms with Crippen molar-refractivity contribution in [3.8, 4) is 5.75 Å². The van der Waals surface area contributed by atoms with E-state index in [2.05, 4.69) is 27.5 Å². The summed E-state index contributed by atoms with van der Waals surface area (Å²) in [5, 5.41) is 12.7. The van der Waals surface area contributed by atoms with Crippen LogP contribution in [0, 0.1) is 5.82 Å². The average Bonchev–Trinajstić information content (AvgIpc) is 3.43. The van der Waals surface area contributed by atoms with E-state index >= 15 is 0 Å².